The van der Waals surface area contributed by atoms with Crippen molar-refractivity contribution in [1.29, 1.82) is 0 Å². The van der Waals surface area contributed by atoms with Crippen LogP contribution in [0, 0.1) is 40.4 Å². The van der Waals surface area contributed by atoms with Crippen LogP contribution in [0.1, 0.15) is 84.5 Å². The third-order valence-electron chi connectivity index (χ3n) is 10.5. The Morgan fingerprint density at radius 2 is 1.83 bits per heavy atom. The first-order valence-corrected chi connectivity index (χ1v) is 12.5. The lowest BCUT2D eigenvalue weighted by atomic mass is 9.44. The first-order chi connectivity index (χ1) is 13.9. The van der Waals surface area contributed by atoms with Gasteiger partial charge in [0.25, 0.3) is 0 Å². The van der Waals surface area contributed by atoms with Gasteiger partial charge in [0.05, 0.1) is 0 Å². The van der Waals surface area contributed by atoms with Crippen LogP contribution < -0.4 is 5.32 Å². The molecule has 1 saturated heterocycles. The highest BCUT2D eigenvalue weighted by Gasteiger charge is 2.61. The SMILES string of the molecule is C=C1CCC2C3C(=O)CC4C/C(=C/CC5CCNCC5)CC[C@]4(C)C3CC[C@]12C. The molecule has 0 spiro atoms. The standard InChI is InChI=1S/C27H41NO/c1-18-4-7-22-25-23(9-13-26(18,22)2)27(3)12-8-20(16-21(27)17-24(25)29)6-5-19-10-14-28-15-11-19/h6,19,21-23,25,28H,1,4-5,7-17H2,2-3H3/b20-6+/t21?,22?,23?,25?,26-,27+/m1/s1. The molecule has 4 saturated carbocycles. The van der Waals surface area contributed by atoms with Gasteiger partial charge in [-0.05, 0) is 112 Å². The van der Waals surface area contributed by atoms with Crippen LogP contribution in [0.2, 0.25) is 0 Å². The fourth-order valence-corrected chi connectivity index (χ4v) is 8.33. The maximum absolute atomic E-state index is 13.5. The number of ketones is 1. The van der Waals surface area contributed by atoms with Gasteiger partial charge in [0.15, 0.2) is 0 Å². The molecule has 4 unspecified atom stereocenters. The second-order valence-corrected chi connectivity index (χ2v) is 11.7. The molecule has 1 aliphatic heterocycles. The molecule has 0 bridgehead atoms. The fourth-order valence-electron chi connectivity index (χ4n) is 8.33. The maximum Gasteiger partial charge on any atom is 0.136 e. The van der Waals surface area contributed by atoms with E-state index >= 15 is 0 Å². The van der Waals surface area contributed by atoms with Crippen molar-refractivity contribution in [3.63, 3.8) is 0 Å². The lowest BCUT2D eigenvalue weighted by Crippen LogP contribution is -2.55. The zero-order chi connectivity index (χ0) is 20.2. The van der Waals surface area contributed by atoms with Crippen molar-refractivity contribution in [2.45, 2.75) is 84.5 Å². The van der Waals surface area contributed by atoms with E-state index in [1.807, 2.05) is 0 Å². The van der Waals surface area contributed by atoms with Crippen molar-refractivity contribution in [3.8, 4) is 0 Å². The van der Waals surface area contributed by atoms with Crippen LogP contribution in [0.3, 0.4) is 0 Å². The summed E-state index contributed by atoms with van der Waals surface area (Å²) in [5.74, 6) is 3.62. The van der Waals surface area contributed by atoms with Gasteiger partial charge in [-0.25, -0.2) is 0 Å². The minimum atomic E-state index is 0.245. The first-order valence-electron chi connectivity index (χ1n) is 12.5. The van der Waals surface area contributed by atoms with Crippen molar-refractivity contribution in [1.82, 2.24) is 5.32 Å². The highest BCUT2D eigenvalue weighted by atomic mass is 16.1. The van der Waals surface area contributed by atoms with E-state index in [1.165, 1.54) is 76.5 Å². The van der Waals surface area contributed by atoms with Crippen LogP contribution in [0.5, 0.6) is 0 Å². The first kappa shape index (κ1) is 20.0. The van der Waals surface area contributed by atoms with Gasteiger partial charge in [0, 0.05) is 12.3 Å². The summed E-state index contributed by atoms with van der Waals surface area (Å²) in [6.45, 7) is 11.8. The number of Topliss-reactive ketones (excluding diaryl/α,β-unsaturated/α-hetero) is 1. The Kier molecular flexibility index (Phi) is 5.09. The summed E-state index contributed by atoms with van der Waals surface area (Å²) in [5.41, 5.74) is 3.74. The van der Waals surface area contributed by atoms with Crippen LogP contribution in [0.25, 0.3) is 0 Å². The van der Waals surface area contributed by atoms with Crippen molar-refractivity contribution >= 4 is 5.78 Å². The Balaban J connectivity index is 1.32. The van der Waals surface area contributed by atoms with E-state index in [0.717, 1.165) is 18.8 Å². The zero-order valence-electron chi connectivity index (χ0n) is 18.8. The van der Waals surface area contributed by atoms with Crippen LogP contribution >= 0.6 is 0 Å². The summed E-state index contributed by atoms with van der Waals surface area (Å²) < 4.78 is 0. The van der Waals surface area contributed by atoms with Crippen LogP contribution in [-0.4, -0.2) is 18.9 Å². The number of hydrogen-bond donors (Lipinski definition) is 1. The lowest BCUT2D eigenvalue weighted by molar-refractivity contribution is -0.150. The average molecular weight is 396 g/mol. The Morgan fingerprint density at radius 3 is 2.62 bits per heavy atom. The normalized spacial score (nSPS) is 47.0. The predicted octanol–water partition coefficient (Wildman–Crippen LogP) is 6.08. The zero-order valence-corrected chi connectivity index (χ0v) is 18.8. The second-order valence-electron chi connectivity index (χ2n) is 11.7. The third kappa shape index (κ3) is 3.20. The van der Waals surface area contributed by atoms with Gasteiger partial charge in [0.2, 0.25) is 0 Å². The molecule has 2 nitrogen and oxygen atoms in total. The van der Waals surface area contributed by atoms with E-state index in [9.17, 15) is 4.79 Å². The number of allylic oxidation sites excluding steroid dienone is 3. The smallest absolute Gasteiger partial charge is 0.136 e. The summed E-state index contributed by atoms with van der Waals surface area (Å²) in [4.78, 5) is 13.5. The number of piperidine rings is 1. The van der Waals surface area contributed by atoms with Crippen LogP contribution in [0.4, 0.5) is 0 Å². The molecule has 0 aromatic carbocycles. The topological polar surface area (TPSA) is 29.1 Å². The number of rotatable bonds is 2. The Labute approximate surface area is 178 Å². The molecule has 4 aliphatic carbocycles. The molecule has 0 radical (unpaired) electrons. The molecular formula is C27H41NO. The molecule has 2 heteroatoms. The van der Waals surface area contributed by atoms with E-state index < -0.39 is 0 Å². The van der Waals surface area contributed by atoms with E-state index in [1.54, 1.807) is 5.57 Å². The highest BCUT2D eigenvalue weighted by molar-refractivity contribution is 5.83. The molecule has 5 fully saturated rings. The van der Waals surface area contributed by atoms with Gasteiger partial charge >= 0.3 is 0 Å². The van der Waals surface area contributed by atoms with E-state index in [4.69, 9.17) is 0 Å². The molecule has 1 heterocycles. The van der Waals surface area contributed by atoms with Crippen LogP contribution in [-0.2, 0) is 4.79 Å². The third-order valence-corrected chi connectivity index (χ3v) is 10.5. The molecule has 0 aromatic rings. The van der Waals surface area contributed by atoms with E-state index in [-0.39, 0.29) is 5.41 Å². The summed E-state index contributed by atoms with van der Waals surface area (Å²) in [6, 6.07) is 0. The van der Waals surface area contributed by atoms with Crippen molar-refractivity contribution < 1.29 is 4.79 Å². The quantitative estimate of drug-likeness (QED) is 0.574. The molecule has 160 valence electrons. The van der Waals surface area contributed by atoms with Crippen LogP contribution in [0.15, 0.2) is 23.8 Å². The largest absolute Gasteiger partial charge is 0.317 e. The molecule has 0 amide bonds. The molecule has 29 heavy (non-hydrogen) atoms. The number of carbonyl (C=O) groups is 1. The number of hydrogen-bond acceptors (Lipinski definition) is 2. The predicted molar refractivity (Wildman–Crippen MR) is 120 cm³/mol. The Hall–Kier alpha value is -0.890. The van der Waals surface area contributed by atoms with Gasteiger partial charge in [-0.3, -0.25) is 4.79 Å². The fraction of sp³-hybridized carbons (Fsp3) is 0.815. The van der Waals surface area contributed by atoms with Crippen molar-refractivity contribution in [3.05, 3.63) is 23.8 Å². The summed E-state index contributed by atoms with van der Waals surface area (Å²) in [7, 11) is 0. The van der Waals surface area contributed by atoms with Gasteiger partial charge in [-0.15, -0.1) is 0 Å². The van der Waals surface area contributed by atoms with E-state index in [0.29, 0.717) is 34.9 Å². The Morgan fingerprint density at radius 1 is 1.03 bits per heavy atom. The summed E-state index contributed by atoms with van der Waals surface area (Å²) >= 11 is 0. The molecule has 0 aromatic heterocycles. The Bertz CT molecular complexity index is 716. The van der Waals surface area contributed by atoms with E-state index in [2.05, 4.69) is 31.8 Å². The van der Waals surface area contributed by atoms with Crippen molar-refractivity contribution in [2.75, 3.05) is 13.1 Å². The maximum atomic E-state index is 13.5. The van der Waals surface area contributed by atoms with Gasteiger partial charge in [0.1, 0.15) is 5.78 Å². The minimum absolute atomic E-state index is 0.245. The van der Waals surface area contributed by atoms with Crippen molar-refractivity contribution in [2.24, 2.45) is 40.4 Å². The van der Waals surface area contributed by atoms with Gasteiger partial charge < -0.3 is 5.32 Å². The lowest BCUT2D eigenvalue weighted by Gasteiger charge is -2.59. The average Bonchev–Trinajstić information content (AvgIpc) is 3.03. The number of nitrogens with one attached hydrogen (secondary N) is 1. The molecular weight excluding hydrogens is 354 g/mol. The molecule has 5 rings (SSSR count). The molecule has 6 atom stereocenters. The summed E-state index contributed by atoms with van der Waals surface area (Å²) in [6.07, 6.45) is 16.1. The monoisotopic (exact) mass is 395 g/mol. The number of fused-ring (bicyclic) bond motifs is 5. The van der Waals surface area contributed by atoms with Gasteiger partial charge in [-0.2, -0.15) is 0 Å². The number of carbonyl (C=O) groups excluding carboxylic acids is 1. The van der Waals surface area contributed by atoms with Gasteiger partial charge in [-0.1, -0.05) is 37.6 Å². The minimum Gasteiger partial charge on any atom is -0.317 e. The summed E-state index contributed by atoms with van der Waals surface area (Å²) in [5, 5.41) is 3.48. The highest BCUT2D eigenvalue weighted by Crippen LogP contribution is 2.66. The second kappa shape index (κ2) is 7.36. The molecule has 1 N–H and O–H groups in total. The molecule has 5 aliphatic rings.